The van der Waals surface area contributed by atoms with Gasteiger partial charge in [-0.15, -0.1) is 0 Å². The molecule has 0 bridgehead atoms. The molecule has 0 aromatic carbocycles. The van der Waals surface area contributed by atoms with Crippen molar-refractivity contribution in [1.82, 2.24) is 14.5 Å². The van der Waals surface area contributed by atoms with E-state index in [-0.39, 0.29) is 5.56 Å². The third kappa shape index (κ3) is 1.83. The Labute approximate surface area is 87.3 Å². The molecule has 0 amide bonds. The maximum atomic E-state index is 11.9. The molecular formula is C11H13N3O. The Balaban J connectivity index is 2.40. The molecule has 15 heavy (non-hydrogen) atoms. The van der Waals surface area contributed by atoms with E-state index in [9.17, 15) is 4.79 Å². The molecule has 0 fully saturated rings. The number of hydrogen-bond acceptors (Lipinski definition) is 2. The molecule has 2 heterocycles. The lowest BCUT2D eigenvalue weighted by Gasteiger charge is -2.00. The van der Waals surface area contributed by atoms with Gasteiger partial charge in [0.2, 0.25) is 0 Å². The van der Waals surface area contributed by atoms with Crippen molar-refractivity contribution >= 4 is 11.0 Å². The van der Waals surface area contributed by atoms with Crippen LogP contribution >= 0.6 is 0 Å². The van der Waals surface area contributed by atoms with Gasteiger partial charge < -0.3 is 4.98 Å². The van der Waals surface area contributed by atoms with Crippen LogP contribution in [0.1, 0.15) is 13.3 Å². The highest BCUT2D eigenvalue weighted by Gasteiger charge is 2.02. The highest BCUT2D eigenvalue weighted by Crippen LogP contribution is 2.01. The Morgan fingerprint density at radius 2 is 2.40 bits per heavy atom. The Morgan fingerprint density at radius 1 is 1.53 bits per heavy atom. The number of nitrogens with zero attached hydrogens (tertiary/aromatic N) is 2. The molecule has 2 rings (SSSR count). The molecule has 78 valence electrons. The number of hydrogen-bond donors (Lipinski definition) is 1. The number of nitrogens with one attached hydrogen (secondary N) is 1. The minimum Gasteiger partial charge on any atom is -0.346 e. The van der Waals surface area contributed by atoms with Gasteiger partial charge in [0.15, 0.2) is 0 Å². The standard InChI is InChI=1S/C11H13N3O/c1-2-3-4-7-14-8-13-10-9(11(14)15)5-6-12-10/h3-6,8,12H,2,7H2,1H3/b4-3-. The first kappa shape index (κ1) is 9.71. The zero-order valence-corrected chi connectivity index (χ0v) is 8.60. The first-order chi connectivity index (χ1) is 7.33. The molecule has 2 aromatic rings. The van der Waals surface area contributed by atoms with Crippen LogP contribution < -0.4 is 5.56 Å². The summed E-state index contributed by atoms with van der Waals surface area (Å²) >= 11 is 0. The van der Waals surface area contributed by atoms with E-state index in [0.717, 1.165) is 6.42 Å². The second-order valence-electron chi connectivity index (χ2n) is 3.32. The number of aromatic nitrogens is 3. The lowest BCUT2D eigenvalue weighted by molar-refractivity contribution is 0.764. The van der Waals surface area contributed by atoms with Gasteiger partial charge in [-0.2, -0.15) is 0 Å². The summed E-state index contributed by atoms with van der Waals surface area (Å²) in [6, 6.07) is 1.75. The molecule has 0 radical (unpaired) electrons. The minimum atomic E-state index is 0.00185. The molecule has 0 aliphatic heterocycles. The summed E-state index contributed by atoms with van der Waals surface area (Å²) in [6.45, 7) is 2.65. The number of rotatable bonds is 3. The molecule has 0 atom stereocenters. The molecule has 0 saturated heterocycles. The van der Waals surface area contributed by atoms with Crippen LogP contribution in [0.2, 0.25) is 0 Å². The van der Waals surface area contributed by atoms with E-state index < -0.39 is 0 Å². The van der Waals surface area contributed by atoms with Crippen LogP contribution in [-0.2, 0) is 6.54 Å². The lowest BCUT2D eigenvalue weighted by Crippen LogP contribution is -2.19. The average molecular weight is 203 g/mol. The number of fused-ring (bicyclic) bond motifs is 1. The quantitative estimate of drug-likeness (QED) is 0.772. The van der Waals surface area contributed by atoms with Gasteiger partial charge in [-0.3, -0.25) is 9.36 Å². The maximum absolute atomic E-state index is 11.9. The lowest BCUT2D eigenvalue weighted by atomic mass is 10.4. The fourth-order valence-corrected chi connectivity index (χ4v) is 1.46. The third-order valence-electron chi connectivity index (χ3n) is 2.25. The number of aromatic amines is 1. The molecule has 0 saturated carbocycles. The topological polar surface area (TPSA) is 50.7 Å². The van der Waals surface area contributed by atoms with Crippen LogP contribution in [0.15, 0.2) is 35.5 Å². The molecule has 1 N–H and O–H groups in total. The summed E-state index contributed by atoms with van der Waals surface area (Å²) in [4.78, 5) is 18.9. The Hall–Kier alpha value is -1.84. The van der Waals surface area contributed by atoms with Gasteiger partial charge in [0, 0.05) is 12.7 Å². The van der Waals surface area contributed by atoms with E-state index in [1.54, 1.807) is 23.2 Å². The zero-order chi connectivity index (χ0) is 10.7. The first-order valence-corrected chi connectivity index (χ1v) is 5.00. The normalized spacial score (nSPS) is 11.5. The molecule has 0 aliphatic carbocycles. The second-order valence-corrected chi connectivity index (χ2v) is 3.32. The summed E-state index contributed by atoms with van der Waals surface area (Å²) in [5, 5.41) is 0.641. The van der Waals surface area contributed by atoms with Crippen LogP contribution in [0, 0.1) is 0 Å². The molecule has 0 unspecified atom stereocenters. The van der Waals surface area contributed by atoms with Crippen LogP contribution in [-0.4, -0.2) is 14.5 Å². The third-order valence-corrected chi connectivity index (χ3v) is 2.25. The van der Waals surface area contributed by atoms with E-state index in [1.807, 2.05) is 12.2 Å². The van der Waals surface area contributed by atoms with Gasteiger partial charge in [0.05, 0.1) is 5.39 Å². The van der Waals surface area contributed by atoms with Crippen molar-refractivity contribution in [2.75, 3.05) is 0 Å². The van der Waals surface area contributed by atoms with Crippen molar-refractivity contribution in [2.45, 2.75) is 19.9 Å². The summed E-state index contributed by atoms with van der Waals surface area (Å²) in [7, 11) is 0. The van der Waals surface area contributed by atoms with Crippen LogP contribution in [0.25, 0.3) is 11.0 Å². The molecule has 0 aliphatic rings. The van der Waals surface area contributed by atoms with Gasteiger partial charge in [-0.25, -0.2) is 4.98 Å². The summed E-state index contributed by atoms with van der Waals surface area (Å²) in [5.41, 5.74) is 0.651. The smallest absolute Gasteiger partial charge is 0.263 e. The van der Waals surface area contributed by atoms with E-state index >= 15 is 0 Å². The second kappa shape index (κ2) is 4.13. The van der Waals surface area contributed by atoms with Crippen LogP contribution in [0.4, 0.5) is 0 Å². The SMILES string of the molecule is CC/C=C\Cn1cnc2[nH]ccc2c1=O. The van der Waals surface area contributed by atoms with Crippen molar-refractivity contribution in [3.8, 4) is 0 Å². The number of H-pyrrole nitrogens is 1. The first-order valence-electron chi connectivity index (χ1n) is 5.00. The monoisotopic (exact) mass is 203 g/mol. The van der Waals surface area contributed by atoms with E-state index in [4.69, 9.17) is 0 Å². The molecule has 4 heteroatoms. The predicted molar refractivity (Wildman–Crippen MR) is 59.8 cm³/mol. The predicted octanol–water partition coefficient (Wildman–Crippen LogP) is 1.69. The van der Waals surface area contributed by atoms with E-state index in [2.05, 4.69) is 16.9 Å². The summed E-state index contributed by atoms with van der Waals surface area (Å²) in [6.07, 6.45) is 8.29. The van der Waals surface area contributed by atoms with Crippen LogP contribution in [0.5, 0.6) is 0 Å². The molecule has 4 nitrogen and oxygen atoms in total. The van der Waals surface area contributed by atoms with Crippen molar-refractivity contribution in [1.29, 1.82) is 0 Å². The van der Waals surface area contributed by atoms with Gasteiger partial charge in [-0.05, 0) is 12.5 Å². The van der Waals surface area contributed by atoms with Crippen molar-refractivity contribution in [3.05, 3.63) is 41.1 Å². The number of allylic oxidation sites excluding steroid dienone is 2. The van der Waals surface area contributed by atoms with Gasteiger partial charge in [0.1, 0.15) is 12.0 Å². The molecule has 0 spiro atoms. The Morgan fingerprint density at radius 3 is 3.20 bits per heavy atom. The minimum absolute atomic E-state index is 0.00185. The average Bonchev–Trinajstić information content (AvgIpc) is 2.70. The van der Waals surface area contributed by atoms with Gasteiger partial charge >= 0.3 is 0 Å². The zero-order valence-electron chi connectivity index (χ0n) is 8.60. The fraction of sp³-hybridized carbons (Fsp3) is 0.273. The summed E-state index contributed by atoms with van der Waals surface area (Å²) in [5.74, 6) is 0. The highest BCUT2D eigenvalue weighted by molar-refractivity contribution is 5.73. The van der Waals surface area contributed by atoms with Crippen molar-refractivity contribution in [3.63, 3.8) is 0 Å². The van der Waals surface area contributed by atoms with E-state index in [0.29, 0.717) is 17.6 Å². The highest BCUT2D eigenvalue weighted by atomic mass is 16.1. The van der Waals surface area contributed by atoms with Crippen molar-refractivity contribution < 1.29 is 0 Å². The molecule has 2 aromatic heterocycles. The maximum Gasteiger partial charge on any atom is 0.263 e. The van der Waals surface area contributed by atoms with Gasteiger partial charge in [0.25, 0.3) is 5.56 Å². The van der Waals surface area contributed by atoms with Crippen LogP contribution in [0.3, 0.4) is 0 Å². The summed E-state index contributed by atoms with van der Waals surface area (Å²) < 4.78 is 1.60. The fourth-order valence-electron chi connectivity index (χ4n) is 1.46. The van der Waals surface area contributed by atoms with E-state index in [1.165, 1.54) is 0 Å². The largest absolute Gasteiger partial charge is 0.346 e. The Bertz CT molecular complexity index is 536. The van der Waals surface area contributed by atoms with Gasteiger partial charge in [-0.1, -0.05) is 19.1 Å². The molecular weight excluding hydrogens is 190 g/mol. The Kier molecular flexibility index (Phi) is 2.67. The van der Waals surface area contributed by atoms with Crippen molar-refractivity contribution in [2.24, 2.45) is 0 Å².